The van der Waals surface area contributed by atoms with Crippen molar-refractivity contribution in [1.29, 1.82) is 0 Å². The van der Waals surface area contributed by atoms with Gasteiger partial charge in [-0.15, -0.1) is 23.1 Å². The Balaban J connectivity index is 1.29. The SMILES string of the molecule is COc1ccccc1-c1csc(NC(=O)CSc2ccc(NC(=O)c3ccccc3C)cc2)n1. The third kappa shape index (κ3) is 5.84. The van der Waals surface area contributed by atoms with Gasteiger partial charge in [-0.2, -0.15) is 0 Å². The van der Waals surface area contributed by atoms with Gasteiger partial charge >= 0.3 is 0 Å². The lowest BCUT2D eigenvalue weighted by Gasteiger charge is -2.08. The van der Waals surface area contributed by atoms with Crippen molar-refractivity contribution in [3.05, 3.63) is 89.3 Å². The van der Waals surface area contributed by atoms with E-state index in [-0.39, 0.29) is 17.6 Å². The summed E-state index contributed by atoms with van der Waals surface area (Å²) in [5, 5.41) is 8.19. The third-order valence-corrected chi connectivity index (χ3v) is 6.78. The Morgan fingerprint density at radius 1 is 0.971 bits per heavy atom. The van der Waals surface area contributed by atoms with Gasteiger partial charge < -0.3 is 15.4 Å². The summed E-state index contributed by atoms with van der Waals surface area (Å²) in [6.45, 7) is 1.91. The van der Waals surface area contributed by atoms with Gasteiger partial charge in [0.1, 0.15) is 5.75 Å². The Kier molecular flexibility index (Phi) is 7.61. The van der Waals surface area contributed by atoms with Gasteiger partial charge in [0, 0.05) is 27.1 Å². The van der Waals surface area contributed by atoms with Crippen molar-refractivity contribution in [2.45, 2.75) is 11.8 Å². The lowest BCUT2D eigenvalue weighted by molar-refractivity contribution is -0.113. The number of anilines is 2. The number of benzene rings is 3. The number of carbonyl (C=O) groups is 2. The molecule has 2 N–H and O–H groups in total. The maximum absolute atomic E-state index is 12.5. The molecule has 0 aliphatic rings. The number of hydrogen-bond donors (Lipinski definition) is 2. The quantitative estimate of drug-likeness (QED) is 0.292. The molecular weight excluding hydrogens is 466 g/mol. The minimum atomic E-state index is -0.145. The van der Waals surface area contributed by atoms with Gasteiger partial charge in [-0.3, -0.25) is 9.59 Å². The number of thioether (sulfide) groups is 1. The van der Waals surface area contributed by atoms with Crippen molar-refractivity contribution in [3.8, 4) is 17.0 Å². The number of nitrogens with one attached hydrogen (secondary N) is 2. The first kappa shape index (κ1) is 23.5. The van der Waals surface area contributed by atoms with Crippen LogP contribution in [0.3, 0.4) is 0 Å². The van der Waals surface area contributed by atoms with Crippen LogP contribution in [0.5, 0.6) is 5.75 Å². The van der Waals surface area contributed by atoms with Gasteiger partial charge in [0.05, 0.1) is 18.6 Å². The number of ether oxygens (including phenoxy) is 1. The van der Waals surface area contributed by atoms with E-state index in [1.165, 1.54) is 23.1 Å². The summed E-state index contributed by atoms with van der Waals surface area (Å²) in [4.78, 5) is 30.3. The average molecular weight is 490 g/mol. The number of para-hydroxylation sites is 1. The van der Waals surface area contributed by atoms with Crippen LogP contribution < -0.4 is 15.4 Å². The molecule has 0 radical (unpaired) electrons. The van der Waals surface area contributed by atoms with Crippen LogP contribution in [0.25, 0.3) is 11.3 Å². The molecule has 172 valence electrons. The topological polar surface area (TPSA) is 80.3 Å². The number of hydrogen-bond acceptors (Lipinski definition) is 6. The number of amides is 2. The number of aromatic nitrogens is 1. The van der Waals surface area contributed by atoms with E-state index in [1.54, 1.807) is 13.2 Å². The molecule has 6 nitrogen and oxygen atoms in total. The predicted molar refractivity (Wildman–Crippen MR) is 139 cm³/mol. The van der Waals surface area contributed by atoms with Crippen molar-refractivity contribution in [2.75, 3.05) is 23.5 Å². The Morgan fingerprint density at radius 2 is 1.71 bits per heavy atom. The number of nitrogens with zero attached hydrogens (tertiary/aromatic N) is 1. The van der Waals surface area contributed by atoms with Crippen LogP contribution in [0.1, 0.15) is 15.9 Å². The smallest absolute Gasteiger partial charge is 0.255 e. The Labute approximate surface area is 206 Å². The maximum atomic E-state index is 12.5. The van der Waals surface area contributed by atoms with Crippen LogP contribution in [0.15, 0.2) is 83.1 Å². The highest BCUT2D eigenvalue weighted by Crippen LogP contribution is 2.32. The lowest BCUT2D eigenvalue weighted by Crippen LogP contribution is -2.14. The molecule has 0 aliphatic heterocycles. The number of aryl methyl sites for hydroxylation is 1. The molecule has 0 atom stereocenters. The number of carbonyl (C=O) groups excluding carboxylic acids is 2. The highest BCUT2D eigenvalue weighted by atomic mass is 32.2. The molecule has 0 unspecified atom stereocenters. The van der Waals surface area contributed by atoms with E-state index >= 15 is 0 Å². The van der Waals surface area contributed by atoms with Crippen molar-refractivity contribution in [3.63, 3.8) is 0 Å². The molecular formula is C26H23N3O3S2. The molecule has 0 bridgehead atoms. The zero-order valence-corrected chi connectivity index (χ0v) is 20.3. The van der Waals surface area contributed by atoms with Gasteiger partial charge in [0.25, 0.3) is 5.91 Å². The van der Waals surface area contributed by atoms with Crippen molar-refractivity contribution in [1.82, 2.24) is 4.98 Å². The van der Waals surface area contributed by atoms with E-state index in [1.807, 2.05) is 79.0 Å². The number of thiazole rings is 1. The van der Waals surface area contributed by atoms with Gasteiger partial charge in [-0.25, -0.2) is 4.98 Å². The van der Waals surface area contributed by atoms with E-state index in [9.17, 15) is 9.59 Å². The van der Waals surface area contributed by atoms with Gasteiger partial charge in [0.2, 0.25) is 5.91 Å². The summed E-state index contributed by atoms with van der Waals surface area (Å²) in [6.07, 6.45) is 0. The van der Waals surface area contributed by atoms with Gasteiger partial charge in [0.15, 0.2) is 5.13 Å². The Hall–Kier alpha value is -3.62. The fourth-order valence-electron chi connectivity index (χ4n) is 3.28. The van der Waals surface area contributed by atoms with Crippen LogP contribution >= 0.6 is 23.1 Å². The molecule has 8 heteroatoms. The van der Waals surface area contributed by atoms with Crippen LogP contribution in [0.4, 0.5) is 10.8 Å². The van der Waals surface area contributed by atoms with Crippen molar-refractivity contribution < 1.29 is 14.3 Å². The first-order valence-electron chi connectivity index (χ1n) is 10.5. The van der Waals surface area contributed by atoms with Crippen LogP contribution in [0, 0.1) is 6.92 Å². The second-order valence-electron chi connectivity index (χ2n) is 7.37. The summed E-state index contributed by atoms with van der Waals surface area (Å²) in [5.41, 5.74) is 3.91. The lowest BCUT2D eigenvalue weighted by atomic mass is 10.1. The van der Waals surface area contributed by atoms with Crippen molar-refractivity contribution in [2.24, 2.45) is 0 Å². The summed E-state index contributed by atoms with van der Waals surface area (Å²) >= 11 is 2.79. The number of rotatable bonds is 8. The molecule has 0 fully saturated rings. The molecule has 0 saturated heterocycles. The van der Waals surface area contributed by atoms with Crippen molar-refractivity contribution >= 4 is 45.7 Å². The summed E-state index contributed by atoms with van der Waals surface area (Å²) in [6, 6.07) is 22.5. The summed E-state index contributed by atoms with van der Waals surface area (Å²) in [7, 11) is 1.62. The minimum Gasteiger partial charge on any atom is -0.496 e. The largest absolute Gasteiger partial charge is 0.496 e. The first-order chi connectivity index (χ1) is 16.5. The van der Waals surface area contributed by atoms with E-state index in [4.69, 9.17) is 4.74 Å². The summed E-state index contributed by atoms with van der Waals surface area (Å²) < 4.78 is 5.39. The maximum Gasteiger partial charge on any atom is 0.255 e. The minimum absolute atomic E-state index is 0.136. The van der Waals surface area contributed by atoms with Crippen LogP contribution in [-0.4, -0.2) is 29.7 Å². The van der Waals surface area contributed by atoms with Crippen LogP contribution in [-0.2, 0) is 4.79 Å². The predicted octanol–water partition coefficient (Wildman–Crippen LogP) is 6.11. The molecule has 2 amide bonds. The zero-order chi connectivity index (χ0) is 23.9. The first-order valence-corrected chi connectivity index (χ1v) is 12.4. The molecule has 0 spiro atoms. The van der Waals surface area contributed by atoms with Gasteiger partial charge in [-0.1, -0.05) is 30.3 Å². The van der Waals surface area contributed by atoms with E-state index in [0.717, 1.165) is 27.5 Å². The van der Waals surface area contributed by atoms with E-state index in [2.05, 4.69) is 15.6 Å². The fourth-order valence-corrected chi connectivity index (χ4v) is 4.70. The molecule has 3 aromatic carbocycles. The van der Waals surface area contributed by atoms with Gasteiger partial charge in [-0.05, 0) is 55.0 Å². The normalized spacial score (nSPS) is 10.5. The third-order valence-electron chi connectivity index (χ3n) is 5.01. The summed E-state index contributed by atoms with van der Waals surface area (Å²) in [5.74, 6) is 0.704. The highest BCUT2D eigenvalue weighted by molar-refractivity contribution is 8.00. The molecule has 4 aromatic rings. The molecule has 0 saturated carbocycles. The Morgan fingerprint density at radius 3 is 2.47 bits per heavy atom. The molecule has 1 aromatic heterocycles. The monoisotopic (exact) mass is 489 g/mol. The second kappa shape index (κ2) is 11.0. The highest BCUT2D eigenvalue weighted by Gasteiger charge is 2.12. The number of methoxy groups -OCH3 is 1. The zero-order valence-electron chi connectivity index (χ0n) is 18.7. The molecule has 0 aliphatic carbocycles. The fraction of sp³-hybridized carbons (Fsp3) is 0.115. The standard InChI is InChI=1S/C26H23N3O3S2/c1-17-7-3-4-8-20(17)25(31)27-18-11-13-19(14-12-18)33-16-24(30)29-26-28-22(15-34-26)21-9-5-6-10-23(21)32-2/h3-15H,16H2,1-2H3,(H,27,31)(H,28,29,30). The van der Waals surface area contributed by atoms with Crippen LogP contribution in [0.2, 0.25) is 0 Å². The average Bonchev–Trinajstić information content (AvgIpc) is 3.32. The van der Waals surface area contributed by atoms with E-state index in [0.29, 0.717) is 16.4 Å². The second-order valence-corrected chi connectivity index (χ2v) is 9.28. The molecule has 1 heterocycles. The Bertz CT molecular complexity index is 1300. The molecule has 34 heavy (non-hydrogen) atoms. The molecule has 4 rings (SSSR count). The van der Waals surface area contributed by atoms with E-state index < -0.39 is 0 Å².